The molecule has 0 unspecified atom stereocenters. The molecule has 3 aromatic carbocycles. The van der Waals surface area contributed by atoms with E-state index >= 15 is 0 Å². The van der Waals surface area contributed by atoms with E-state index in [0.29, 0.717) is 22.6 Å². The van der Waals surface area contributed by atoms with Crippen molar-refractivity contribution in [1.29, 1.82) is 0 Å². The minimum absolute atomic E-state index is 0.0246. The Morgan fingerprint density at radius 3 is 2.34 bits per heavy atom. The largest absolute Gasteiger partial charge is 0.490 e. The summed E-state index contributed by atoms with van der Waals surface area (Å²) in [6.07, 6.45) is 0.390. The van der Waals surface area contributed by atoms with Crippen molar-refractivity contribution in [1.82, 2.24) is 0 Å². The van der Waals surface area contributed by atoms with Crippen molar-refractivity contribution in [3.05, 3.63) is 65.0 Å². The smallest absolute Gasteiger partial charge is 0.387 e. The molecule has 3 aromatic rings. The van der Waals surface area contributed by atoms with Gasteiger partial charge in [0.1, 0.15) is 23.6 Å². The molecule has 1 aliphatic rings. The molecule has 0 N–H and O–H groups in total. The number of hydrogen-bond acceptors (Lipinski definition) is 4. The van der Waals surface area contributed by atoms with E-state index in [2.05, 4.69) is 0 Å². The zero-order chi connectivity index (χ0) is 23.0. The van der Waals surface area contributed by atoms with Crippen LogP contribution in [0.3, 0.4) is 0 Å². The Labute approximate surface area is 182 Å². The van der Waals surface area contributed by atoms with E-state index in [1.807, 2.05) is 0 Å². The number of halogens is 3. The molecule has 0 fully saturated rings. The fourth-order valence-corrected chi connectivity index (χ4v) is 3.94. The number of nitrogens with zero attached hydrogens (tertiary/aromatic N) is 1. The molecule has 0 bridgehead atoms. The van der Waals surface area contributed by atoms with Crippen LogP contribution in [-0.2, 0) is 17.8 Å². The predicted molar refractivity (Wildman–Crippen MR) is 113 cm³/mol. The summed E-state index contributed by atoms with van der Waals surface area (Å²) in [6.45, 7) is 0.295. The highest BCUT2D eigenvalue weighted by Gasteiger charge is 2.38. The zero-order valence-electron chi connectivity index (χ0n) is 17.4. The maximum Gasteiger partial charge on any atom is 0.387 e. The average Bonchev–Trinajstić information content (AvgIpc) is 3.07. The summed E-state index contributed by atoms with van der Waals surface area (Å²) in [5, 5.41) is 0.825. The Morgan fingerprint density at radius 1 is 1.06 bits per heavy atom. The van der Waals surface area contributed by atoms with Crippen molar-refractivity contribution in [3.63, 3.8) is 0 Å². The molecule has 0 radical (unpaired) electrons. The number of hydrogen-bond donors (Lipinski definition) is 0. The Hall–Kier alpha value is -3.55. The summed E-state index contributed by atoms with van der Waals surface area (Å²) in [4.78, 5) is 25.3. The third-order valence-corrected chi connectivity index (χ3v) is 5.18. The van der Waals surface area contributed by atoms with E-state index in [1.54, 1.807) is 44.2 Å². The van der Waals surface area contributed by atoms with Gasteiger partial charge < -0.3 is 19.2 Å². The van der Waals surface area contributed by atoms with Gasteiger partial charge in [-0.3, -0.25) is 4.79 Å². The topological polar surface area (TPSA) is 55.8 Å². The highest BCUT2D eigenvalue weighted by molar-refractivity contribution is 6.17. The van der Waals surface area contributed by atoms with Crippen LogP contribution in [0.2, 0.25) is 0 Å². The van der Waals surface area contributed by atoms with Crippen LogP contribution in [0.25, 0.3) is 10.8 Å². The van der Waals surface area contributed by atoms with Crippen molar-refractivity contribution in [2.24, 2.45) is 0 Å². The number of aldehydes is 1. The van der Waals surface area contributed by atoms with Crippen LogP contribution >= 0.6 is 0 Å². The van der Waals surface area contributed by atoms with E-state index in [1.165, 1.54) is 12.1 Å². The van der Waals surface area contributed by atoms with Gasteiger partial charge in [0.05, 0.1) is 23.9 Å². The second-order valence-corrected chi connectivity index (χ2v) is 7.65. The Bertz CT molecular complexity index is 1210. The number of carbonyl (C=O) groups is 2. The van der Waals surface area contributed by atoms with Crippen LogP contribution in [0.5, 0.6) is 11.5 Å². The lowest BCUT2D eigenvalue weighted by Gasteiger charge is -2.19. The van der Waals surface area contributed by atoms with Crippen molar-refractivity contribution in [3.8, 4) is 11.5 Å². The lowest BCUT2D eigenvalue weighted by atomic mass is 9.99. The summed E-state index contributed by atoms with van der Waals surface area (Å²) in [5.41, 5.74) is 0.718. The third kappa shape index (κ3) is 3.77. The summed E-state index contributed by atoms with van der Waals surface area (Å²) < 4.78 is 52.2. The second-order valence-electron chi connectivity index (χ2n) is 7.65. The molecule has 1 heterocycles. The number of rotatable bonds is 7. The lowest BCUT2D eigenvalue weighted by Crippen LogP contribution is -2.24. The Kier molecular flexibility index (Phi) is 5.78. The number of carbonyl (C=O) groups excluding carboxylic acids is 2. The SMILES string of the molecule is CC(C)Oc1c2c(c(OC(F)F)c3ccccc13)CN(c1ccc(CC=O)cc1F)C2=O. The molecule has 166 valence electrons. The van der Waals surface area contributed by atoms with E-state index < -0.39 is 18.3 Å². The molecular weight excluding hydrogens is 423 g/mol. The molecule has 0 aromatic heterocycles. The number of anilines is 1. The van der Waals surface area contributed by atoms with Crippen LogP contribution in [0, 0.1) is 5.82 Å². The molecule has 1 amide bonds. The van der Waals surface area contributed by atoms with E-state index in [9.17, 15) is 22.8 Å². The zero-order valence-corrected chi connectivity index (χ0v) is 17.4. The summed E-state index contributed by atoms with van der Waals surface area (Å²) in [7, 11) is 0. The van der Waals surface area contributed by atoms with Gasteiger partial charge in [-0.1, -0.05) is 30.3 Å². The van der Waals surface area contributed by atoms with E-state index in [4.69, 9.17) is 9.47 Å². The van der Waals surface area contributed by atoms with Crippen LogP contribution in [-0.4, -0.2) is 24.9 Å². The number of alkyl halides is 2. The maximum atomic E-state index is 14.8. The number of benzene rings is 3. The Morgan fingerprint density at radius 2 is 1.75 bits per heavy atom. The van der Waals surface area contributed by atoms with Crippen molar-refractivity contribution < 1.29 is 32.2 Å². The molecule has 0 saturated heterocycles. The lowest BCUT2D eigenvalue weighted by molar-refractivity contribution is -0.107. The molecule has 1 aliphatic heterocycles. The first-order valence-electron chi connectivity index (χ1n) is 10.0. The average molecular weight is 443 g/mol. The van der Waals surface area contributed by atoms with Gasteiger partial charge in [0.25, 0.3) is 5.91 Å². The van der Waals surface area contributed by atoms with Crippen molar-refractivity contribution in [2.75, 3.05) is 4.90 Å². The molecular formula is C24H20F3NO4. The first-order valence-corrected chi connectivity index (χ1v) is 10.0. The standard InChI is InChI=1S/C24H20F3NO4/c1-13(2)31-22-16-6-4-3-5-15(16)21(32-24(26)27)17-12-28(23(30)20(17)22)19-8-7-14(9-10-29)11-18(19)25/h3-8,10-11,13,24H,9,12H2,1-2H3. The van der Waals surface area contributed by atoms with Crippen molar-refractivity contribution in [2.45, 2.75) is 39.5 Å². The van der Waals surface area contributed by atoms with Gasteiger partial charge in [-0.25, -0.2) is 4.39 Å². The van der Waals surface area contributed by atoms with Gasteiger partial charge in [0, 0.05) is 22.8 Å². The number of ether oxygens (including phenoxy) is 2. The normalized spacial score (nSPS) is 13.2. The minimum Gasteiger partial charge on any atom is -0.490 e. The molecule has 0 saturated carbocycles. The van der Waals surface area contributed by atoms with Gasteiger partial charge in [-0.2, -0.15) is 8.78 Å². The van der Waals surface area contributed by atoms with Gasteiger partial charge >= 0.3 is 6.61 Å². The van der Waals surface area contributed by atoms with Gasteiger partial charge in [0.2, 0.25) is 0 Å². The van der Waals surface area contributed by atoms with E-state index in [0.717, 1.165) is 4.90 Å². The van der Waals surface area contributed by atoms with E-state index in [-0.39, 0.29) is 47.4 Å². The van der Waals surface area contributed by atoms with Crippen LogP contribution in [0.4, 0.5) is 18.9 Å². The van der Waals surface area contributed by atoms with Crippen LogP contribution < -0.4 is 14.4 Å². The summed E-state index contributed by atoms with van der Waals surface area (Å²) >= 11 is 0. The quantitative estimate of drug-likeness (QED) is 0.467. The highest BCUT2D eigenvalue weighted by atomic mass is 19.3. The Balaban J connectivity index is 1.92. The molecule has 0 aliphatic carbocycles. The van der Waals surface area contributed by atoms with Crippen molar-refractivity contribution >= 4 is 28.7 Å². The fraction of sp³-hybridized carbons (Fsp3) is 0.250. The second kappa shape index (κ2) is 8.53. The van der Waals surface area contributed by atoms with Gasteiger partial charge in [-0.05, 0) is 31.5 Å². The number of amides is 1. The first kappa shape index (κ1) is 21.7. The monoisotopic (exact) mass is 443 g/mol. The third-order valence-electron chi connectivity index (χ3n) is 5.18. The number of fused-ring (bicyclic) bond motifs is 2. The van der Waals surface area contributed by atoms with Crippen LogP contribution in [0.15, 0.2) is 42.5 Å². The first-order chi connectivity index (χ1) is 15.3. The highest BCUT2D eigenvalue weighted by Crippen LogP contribution is 2.47. The molecule has 5 nitrogen and oxygen atoms in total. The fourth-order valence-electron chi connectivity index (χ4n) is 3.94. The van der Waals surface area contributed by atoms with Gasteiger partial charge in [0.15, 0.2) is 0 Å². The van der Waals surface area contributed by atoms with Crippen LogP contribution in [0.1, 0.15) is 35.3 Å². The molecule has 32 heavy (non-hydrogen) atoms. The maximum absolute atomic E-state index is 14.8. The molecule has 0 atom stereocenters. The predicted octanol–water partition coefficient (Wildman–Crippen LogP) is 5.27. The molecule has 0 spiro atoms. The minimum atomic E-state index is -3.11. The molecule has 4 rings (SSSR count). The summed E-state index contributed by atoms with van der Waals surface area (Å²) in [6, 6.07) is 10.8. The summed E-state index contributed by atoms with van der Waals surface area (Å²) in [5.74, 6) is -1.16. The molecule has 8 heteroatoms. The van der Waals surface area contributed by atoms with Gasteiger partial charge in [-0.15, -0.1) is 0 Å².